The van der Waals surface area contributed by atoms with E-state index in [0.717, 1.165) is 44.9 Å². The van der Waals surface area contributed by atoms with Gasteiger partial charge in [-0.15, -0.1) is 0 Å². The summed E-state index contributed by atoms with van der Waals surface area (Å²) in [6, 6.07) is 15.5. The summed E-state index contributed by atoms with van der Waals surface area (Å²) >= 11 is 0. The molecule has 1 aliphatic heterocycles. The van der Waals surface area contributed by atoms with Gasteiger partial charge in [0.25, 0.3) is 0 Å². The Labute approximate surface area is 264 Å². The van der Waals surface area contributed by atoms with Gasteiger partial charge in [0.1, 0.15) is 0 Å². The van der Waals surface area contributed by atoms with Crippen molar-refractivity contribution in [3.63, 3.8) is 0 Å². The molecule has 240 valence electrons. The summed E-state index contributed by atoms with van der Waals surface area (Å²) in [6.07, 6.45) is 15.5. The number of methoxy groups -OCH3 is 1. The number of hydrogen-bond donors (Lipinski definition) is 4. The van der Waals surface area contributed by atoms with E-state index in [4.69, 9.17) is 21.6 Å². The monoisotopic (exact) mass is 601 g/mol. The van der Waals surface area contributed by atoms with E-state index in [-0.39, 0.29) is 47.3 Å². The zero-order valence-corrected chi connectivity index (χ0v) is 26.8. The first kappa shape index (κ1) is 31.5. The lowest BCUT2D eigenvalue weighted by Gasteiger charge is -2.52. The molecule has 0 bridgehead atoms. The molecule has 3 saturated carbocycles. The number of carbonyl (C=O) groups excluding carboxylic acids is 1. The molecule has 6 N–H and O–H groups in total. The van der Waals surface area contributed by atoms with Gasteiger partial charge in [0.15, 0.2) is 0 Å². The van der Waals surface area contributed by atoms with Crippen LogP contribution < -0.4 is 16.8 Å². The van der Waals surface area contributed by atoms with Crippen LogP contribution in [0.4, 0.5) is 0 Å². The third-order valence-electron chi connectivity index (χ3n) is 12.2. The summed E-state index contributed by atoms with van der Waals surface area (Å²) in [6.45, 7) is 1.29. The van der Waals surface area contributed by atoms with Crippen molar-refractivity contribution in [1.29, 1.82) is 5.41 Å². The molecule has 4 aliphatic rings. The molecule has 1 amide bonds. The van der Waals surface area contributed by atoms with Crippen LogP contribution in [0.3, 0.4) is 0 Å². The molecule has 4 fully saturated rings. The molecular weight excluding hydrogens is 546 g/mol. The summed E-state index contributed by atoms with van der Waals surface area (Å²) in [4.78, 5) is 17.3. The SMILES string of the molecule is COCC1C(C(=O)NC2CCC(N)CC2)N(Cc2cccc3ccccc23)C2CC(C(=N)N)CCC12C1CCCCCCC1. The Bertz CT molecular complexity index is 1280. The van der Waals surface area contributed by atoms with Crippen molar-refractivity contribution in [3.8, 4) is 0 Å². The lowest BCUT2D eigenvalue weighted by Crippen LogP contribution is -2.52. The van der Waals surface area contributed by atoms with Gasteiger partial charge < -0.3 is 21.5 Å². The fraction of sp³-hybridized carbons (Fsp3) is 0.676. The Morgan fingerprint density at radius 1 is 0.977 bits per heavy atom. The second-order valence-electron chi connectivity index (χ2n) is 14.5. The van der Waals surface area contributed by atoms with Crippen molar-refractivity contribution in [2.75, 3.05) is 13.7 Å². The maximum atomic E-state index is 14.7. The van der Waals surface area contributed by atoms with Crippen LogP contribution in [-0.2, 0) is 16.1 Å². The average molecular weight is 602 g/mol. The predicted molar refractivity (Wildman–Crippen MR) is 178 cm³/mol. The molecule has 7 nitrogen and oxygen atoms in total. The fourth-order valence-corrected chi connectivity index (χ4v) is 9.99. The first-order valence-corrected chi connectivity index (χ1v) is 17.5. The molecule has 44 heavy (non-hydrogen) atoms. The van der Waals surface area contributed by atoms with Crippen LogP contribution in [0.5, 0.6) is 0 Å². The standard InChI is InChI=1S/C37H55N5O2/c1-44-24-32-34(36(43)41-30-18-16-29(38)17-19-30)42(23-27-12-9-11-25-10-7-8-15-31(25)27)33-22-26(35(39)40)20-21-37(32,33)28-13-5-3-2-4-6-14-28/h7-12,15,26,28-30,32-34H,2-6,13-14,16-24,38H2,1H3,(H3,39,40)(H,41,43). The van der Waals surface area contributed by atoms with E-state index in [0.29, 0.717) is 24.9 Å². The van der Waals surface area contributed by atoms with Gasteiger partial charge >= 0.3 is 0 Å². The third-order valence-corrected chi connectivity index (χ3v) is 12.2. The van der Waals surface area contributed by atoms with Crippen LogP contribution in [0.25, 0.3) is 10.8 Å². The Morgan fingerprint density at radius 3 is 2.41 bits per heavy atom. The smallest absolute Gasteiger partial charge is 0.237 e. The average Bonchev–Trinajstić information content (AvgIpc) is 3.27. The van der Waals surface area contributed by atoms with Gasteiger partial charge in [-0.05, 0) is 85.5 Å². The fourth-order valence-electron chi connectivity index (χ4n) is 9.99. The molecule has 3 aliphatic carbocycles. The summed E-state index contributed by atoms with van der Waals surface area (Å²) in [5.74, 6) is 1.15. The van der Waals surface area contributed by atoms with E-state index >= 15 is 0 Å². The van der Waals surface area contributed by atoms with Gasteiger partial charge in [-0.25, -0.2) is 0 Å². The van der Waals surface area contributed by atoms with Crippen LogP contribution in [0, 0.1) is 28.6 Å². The van der Waals surface area contributed by atoms with E-state index in [1.807, 2.05) is 7.11 Å². The number of nitrogens with one attached hydrogen (secondary N) is 2. The lowest BCUT2D eigenvalue weighted by molar-refractivity contribution is -0.129. The Balaban J connectivity index is 1.45. The highest BCUT2D eigenvalue weighted by atomic mass is 16.5. The van der Waals surface area contributed by atoms with Gasteiger partial charge in [-0.2, -0.15) is 0 Å². The minimum absolute atomic E-state index is 0.0409. The van der Waals surface area contributed by atoms with E-state index in [1.165, 1.54) is 61.3 Å². The summed E-state index contributed by atoms with van der Waals surface area (Å²) in [5.41, 5.74) is 13.7. The maximum Gasteiger partial charge on any atom is 0.237 e. The van der Waals surface area contributed by atoms with Crippen molar-refractivity contribution in [1.82, 2.24) is 10.2 Å². The normalized spacial score (nSPS) is 33.8. The summed E-state index contributed by atoms with van der Waals surface area (Å²) in [7, 11) is 1.81. The third kappa shape index (κ3) is 6.17. The highest BCUT2D eigenvalue weighted by Gasteiger charge is 2.64. The first-order valence-electron chi connectivity index (χ1n) is 17.5. The van der Waals surface area contributed by atoms with Gasteiger partial charge in [-0.1, -0.05) is 74.6 Å². The number of carbonyl (C=O) groups is 1. The molecule has 6 rings (SSSR count). The number of amidine groups is 1. The molecular formula is C37H55N5O2. The minimum atomic E-state index is -0.286. The number of likely N-dealkylation sites (tertiary alicyclic amines) is 1. The largest absolute Gasteiger partial charge is 0.387 e. The Kier molecular flexibility index (Phi) is 9.94. The van der Waals surface area contributed by atoms with Crippen molar-refractivity contribution < 1.29 is 9.53 Å². The topological polar surface area (TPSA) is 117 Å². The Morgan fingerprint density at radius 2 is 1.68 bits per heavy atom. The van der Waals surface area contributed by atoms with Crippen LogP contribution in [0.1, 0.15) is 95.5 Å². The van der Waals surface area contributed by atoms with E-state index in [1.54, 1.807) is 0 Å². The zero-order chi connectivity index (χ0) is 30.7. The van der Waals surface area contributed by atoms with E-state index in [2.05, 4.69) is 52.7 Å². The highest BCUT2D eigenvalue weighted by Crippen LogP contribution is 2.61. The predicted octanol–water partition coefficient (Wildman–Crippen LogP) is 6.12. The van der Waals surface area contributed by atoms with Crippen molar-refractivity contribution >= 4 is 22.5 Å². The molecule has 7 heteroatoms. The molecule has 0 spiro atoms. The number of hydrogen-bond acceptors (Lipinski definition) is 5. The molecule has 5 atom stereocenters. The molecule has 1 saturated heterocycles. The van der Waals surface area contributed by atoms with Gasteiger partial charge in [0.05, 0.1) is 18.5 Å². The summed E-state index contributed by atoms with van der Waals surface area (Å²) < 4.78 is 6.08. The Hall–Kier alpha value is -2.48. The molecule has 1 heterocycles. The van der Waals surface area contributed by atoms with Gasteiger partial charge in [-0.3, -0.25) is 15.1 Å². The van der Waals surface area contributed by atoms with Gasteiger partial charge in [0, 0.05) is 43.6 Å². The number of nitrogens with zero attached hydrogens (tertiary/aromatic N) is 1. The number of ether oxygens (including phenoxy) is 1. The number of nitrogens with two attached hydrogens (primary N) is 2. The van der Waals surface area contributed by atoms with Crippen LogP contribution in [0.2, 0.25) is 0 Å². The number of amides is 1. The van der Waals surface area contributed by atoms with Crippen molar-refractivity contribution in [3.05, 3.63) is 48.0 Å². The quantitative estimate of drug-likeness (QED) is 0.215. The highest BCUT2D eigenvalue weighted by molar-refractivity contribution is 5.86. The lowest BCUT2D eigenvalue weighted by atomic mass is 9.54. The van der Waals surface area contributed by atoms with E-state index < -0.39 is 0 Å². The number of rotatable bonds is 8. The summed E-state index contributed by atoms with van der Waals surface area (Å²) in [5, 5.41) is 14.5. The van der Waals surface area contributed by atoms with Crippen molar-refractivity contribution in [2.45, 2.75) is 121 Å². The van der Waals surface area contributed by atoms with E-state index in [9.17, 15) is 4.79 Å². The number of fused-ring (bicyclic) bond motifs is 2. The molecule has 0 aromatic heterocycles. The van der Waals surface area contributed by atoms with Crippen LogP contribution in [-0.4, -0.2) is 54.5 Å². The zero-order valence-electron chi connectivity index (χ0n) is 26.8. The molecule has 0 radical (unpaired) electrons. The first-order chi connectivity index (χ1) is 21.4. The molecule has 2 aromatic rings. The second kappa shape index (κ2) is 13.9. The maximum absolute atomic E-state index is 14.7. The van der Waals surface area contributed by atoms with Crippen LogP contribution >= 0.6 is 0 Å². The number of benzene rings is 2. The van der Waals surface area contributed by atoms with Gasteiger partial charge in [0.2, 0.25) is 5.91 Å². The minimum Gasteiger partial charge on any atom is -0.387 e. The molecule has 5 unspecified atom stereocenters. The second-order valence-corrected chi connectivity index (χ2v) is 14.5. The molecule has 2 aromatic carbocycles. The van der Waals surface area contributed by atoms with Crippen molar-refractivity contribution in [2.24, 2.45) is 34.6 Å². The van der Waals surface area contributed by atoms with Crippen LogP contribution in [0.15, 0.2) is 42.5 Å².